The Morgan fingerprint density at radius 2 is 1.55 bits per heavy atom. The zero-order valence-corrected chi connectivity index (χ0v) is 17.5. The first kappa shape index (κ1) is 21.7. The van der Waals surface area contributed by atoms with Crippen LogP contribution in [0, 0.1) is 0 Å². The first-order valence-corrected chi connectivity index (χ1v) is 11.3. The molecule has 3 rings (SSSR count). The summed E-state index contributed by atoms with van der Waals surface area (Å²) in [6.45, 7) is 4.29. The molecule has 9 heteroatoms. The van der Waals surface area contributed by atoms with E-state index in [2.05, 4.69) is 10.2 Å². The van der Waals surface area contributed by atoms with Gasteiger partial charge in [0.05, 0.1) is 5.75 Å². The number of rotatable bonds is 7. The molecule has 0 bridgehead atoms. The molecular weight excluding hydrogens is 414 g/mol. The summed E-state index contributed by atoms with van der Waals surface area (Å²) in [5.41, 5.74) is 2.38. The standard InChI is InChI=1S/C20H24ClN3O4S/c21-18-5-7-19(8-6-18)22-20(25)17-3-1-16(2-4-17)15-24-11-9-23(10-12-24)13-14-29(26,27)28/h1-8H,9-15H2,(H,22,25)(H,26,27,28). The van der Waals surface area contributed by atoms with Gasteiger partial charge in [0.2, 0.25) is 0 Å². The van der Waals surface area contributed by atoms with Crippen molar-refractivity contribution in [1.29, 1.82) is 0 Å². The van der Waals surface area contributed by atoms with Crippen molar-refractivity contribution in [2.45, 2.75) is 6.54 Å². The Labute approximate surface area is 176 Å². The van der Waals surface area contributed by atoms with Crippen LogP contribution in [0.4, 0.5) is 5.69 Å². The van der Waals surface area contributed by atoms with Crippen LogP contribution < -0.4 is 5.32 Å². The lowest BCUT2D eigenvalue weighted by Gasteiger charge is -2.34. The Hall–Kier alpha value is -1.97. The highest BCUT2D eigenvalue weighted by atomic mass is 35.5. The molecule has 1 fully saturated rings. The van der Waals surface area contributed by atoms with Crippen LogP contribution in [0.15, 0.2) is 48.5 Å². The van der Waals surface area contributed by atoms with Crippen molar-refractivity contribution < 1.29 is 17.8 Å². The van der Waals surface area contributed by atoms with E-state index in [1.165, 1.54) is 0 Å². The van der Waals surface area contributed by atoms with E-state index in [0.29, 0.717) is 22.8 Å². The Balaban J connectivity index is 1.47. The van der Waals surface area contributed by atoms with E-state index in [-0.39, 0.29) is 11.7 Å². The fourth-order valence-corrected chi connectivity index (χ4v) is 3.79. The summed E-state index contributed by atoms with van der Waals surface area (Å²) in [5.74, 6) is -0.404. The number of carbonyl (C=O) groups is 1. The lowest BCUT2D eigenvalue weighted by molar-refractivity contribution is 0.102. The van der Waals surface area contributed by atoms with Crippen molar-refractivity contribution in [3.63, 3.8) is 0 Å². The van der Waals surface area contributed by atoms with Gasteiger partial charge in [0.15, 0.2) is 0 Å². The van der Waals surface area contributed by atoms with Gasteiger partial charge in [-0.25, -0.2) is 0 Å². The Morgan fingerprint density at radius 1 is 0.966 bits per heavy atom. The summed E-state index contributed by atoms with van der Waals surface area (Å²) in [6.07, 6.45) is 0. The second-order valence-electron chi connectivity index (χ2n) is 7.06. The van der Waals surface area contributed by atoms with Gasteiger partial charge in [-0.15, -0.1) is 0 Å². The lowest BCUT2D eigenvalue weighted by atomic mass is 10.1. The third-order valence-corrected chi connectivity index (χ3v) is 5.81. The predicted octanol–water partition coefficient (Wildman–Crippen LogP) is 2.60. The highest BCUT2D eigenvalue weighted by Crippen LogP contribution is 2.15. The van der Waals surface area contributed by atoms with Crippen molar-refractivity contribution in [1.82, 2.24) is 9.80 Å². The van der Waals surface area contributed by atoms with Crippen molar-refractivity contribution >= 4 is 33.3 Å². The molecule has 0 atom stereocenters. The van der Waals surface area contributed by atoms with E-state index in [4.69, 9.17) is 16.2 Å². The summed E-state index contributed by atoms with van der Waals surface area (Å²) >= 11 is 5.85. The van der Waals surface area contributed by atoms with Crippen molar-refractivity contribution in [2.24, 2.45) is 0 Å². The average molecular weight is 438 g/mol. The fourth-order valence-electron chi connectivity index (χ4n) is 3.17. The van der Waals surface area contributed by atoms with Crippen LogP contribution in [0.3, 0.4) is 0 Å². The van der Waals surface area contributed by atoms with Crippen molar-refractivity contribution in [3.05, 3.63) is 64.7 Å². The molecule has 29 heavy (non-hydrogen) atoms. The number of anilines is 1. The molecule has 156 valence electrons. The first-order valence-electron chi connectivity index (χ1n) is 9.34. The highest BCUT2D eigenvalue weighted by molar-refractivity contribution is 7.85. The van der Waals surface area contributed by atoms with E-state index in [1.54, 1.807) is 24.3 Å². The molecule has 1 amide bonds. The zero-order chi connectivity index (χ0) is 20.9. The molecule has 0 saturated carbocycles. The number of piperazine rings is 1. The van der Waals surface area contributed by atoms with Gasteiger partial charge in [0, 0.05) is 55.5 Å². The SMILES string of the molecule is O=C(Nc1ccc(Cl)cc1)c1ccc(CN2CCN(CCS(=O)(=O)O)CC2)cc1. The number of hydrogen-bond donors (Lipinski definition) is 2. The number of amides is 1. The minimum atomic E-state index is -3.91. The molecule has 0 aliphatic carbocycles. The second-order valence-corrected chi connectivity index (χ2v) is 9.07. The summed E-state index contributed by atoms with van der Waals surface area (Å²) in [4.78, 5) is 16.7. The molecule has 0 unspecified atom stereocenters. The van der Waals surface area contributed by atoms with Gasteiger partial charge < -0.3 is 5.32 Å². The smallest absolute Gasteiger partial charge is 0.266 e. The number of nitrogens with one attached hydrogen (secondary N) is 1. The van der Waals surface area contributed by atoms with Gasteiger partial charge >= 0.3 is 0 Å². The minimum absolute atomic E-state index is 0.175. The maximum atomic E-state index is 12.3. The summed E-state index contributed by atoms with van der Waals surface area (Å²) in [6, 6.07) is 14.5. The van der Waals surface area contributed by atoms with Gasteiger partial charge in [-0.3, -0.25) is 19.1 Å². The van der Waals surface area contributed by atoms with E-state index in [0.717, 1.165) is 38.3 Å². The van der Waals surface area contributed by atoms with Gasteiger partial charge in [0.25, 0.3) is 16.0 Å². The molecule has 0 aromatic heterocycles. The maximum Gasteiger partial charge on any atom is 0.266 e. The number of benzene rings is 2. The van der Waals surface area contributed by atoms with E-state index < -0.39 is 10.1 Å². The molecule has 0 spiro atoms. The summed E-state index contributed by atoms with van der Waals surface area (Å²) in [5, 5.41) is 3.46. The van der Waals surface area contributed by atoms with Crippen molar-refractivity contribution in [3.8, 4) is 0 Å². The van der Waals surface area contributed by atoms with E-state index in [9.17, 15) is 13.2 Å². The average Bonchev–Trinajstić information content (AvgIpc) is 2.69. The van der Waals surface area contributed by atoms with Crippen LogP contribution >= 0.6 is 11.6 Å². The Kier molecular flexibility index (Phi) is 7.26. The fraction of sp³-hybridized carbons (Fsp3) is 0.350. The molecule has 2 aromatic carbocycles. The third kappa shape index (κ3) is 7.09. The zero-order valence-electron chi connectivity index (χ0n) is 15.9. The number of nitrogens with zero attached hydrogens (tertiary/aromatic N) is 2. The normalized spacial score (nSPS) is 15.9. The summed E-state index contributed by atoms with van der Waals surface area (Å²) < 4.78 is 30.6. The number of hydrogen-bond acceptors (Lipinski definition) is 5. The molecule has 1 heterocycles. The first-order chi connectivity index (χ1) is 13.8. The van der Waals surface area contributed by atoms with Gasteiger partial charge in [-0.05, 0) is 42.0 Å². The second kappa shape index (κ2) is 9.69. The molecule has 2 N–H and O–H groups in total. The van der Waals surface area contributed by atoms with E-state index >= 15 is 0 Å². The molecule has 1 aliphatic heterocycles. The molecule has 1 saturated heterocycles. The molecule has 2 aromatic rings. The molecule has 7 nitrogen and oxygen atoms in total. The van der Waals surface area contributed by atoms with Crippen LogP contribution in [0.25, 0.3) is 0 Å². The van der Waals surface area contributed by atoms with Gasteiger partial charge in [-0.1, -0.05) is 23.7 Å². The van der Waals surface area contributed by atoms with Crippen LogP contribution in [-0.4, -0.2) is 67.2 Å². The largest absolute Gasteiger partial charge is 0.322 e. The monoisotopic (exact) mass is 437 g/mol. The van der Waals surface area contributed by atoms with Gasteiger partial charge in [0.1, 0.15) is 0 Å². The van der Waals surface area contributed by atoms with E-state index in [1.807, 2.05) is 29.2 Å². The maximum absolute atomic E-state index is 12.3. The van der Waals surface area contributed by atoms with Crippen LogP contribution in [0.2, 0.25) is 5.02 Å². The Bertz CT molecular complexity index is 925. The third-order valence-electron chi connectivity index (χ3n) is 4.85. The van der Waals surface area contributed by atoms with Crippen LogP contribution in [0.5, 0.6) is 0 Å². The Morgan fingerprint density at radius 3 is 2.14 bits per heavy atom. The predicted molar refractivity (Wildman–Crippen MR) is 114 cm³/mol. The quantitative estimate of drug-likeness (QED) is 0.647. The highest BCUT2D eigenvalue weighted by Gasteiger charge is 2.18. The molecule has 0 radical (unpaired) electrons. The molecule has 1 aliphatic rings. The number of halogens is 1. The van der Waals surface area contributed by atoms with Gasteiger partial charge in [-0.2, -0.15) is 8.42 Å². The minimum Gasteiger partial charge on any atom is -0.322 e. The van der Waals surface area contributed by atoms with Crippen LogP contribution in [0.1, 0.15) is 15.9 Å². The topological polar surface area (TPSA) is 90.0 Å². The number of carbonyl (C=O) groups excluding carboxylic acids is 1. The van der Waals surface area contributed by atoms with Crippen LogP contribution in [-0.2, 0) is 16.7 Å². The summed E-state index contributed by atoms with van der Waals surface area (Å²) in [7, 11) is -3.91. The van der Waals surface area contributed by atoms with Crippen molar-refractivity contribution in [2.75, 3.05) is 43.8 Å². The molecular formula is C20H24ClN3O4S. The lowest BCUT2D eigenvalue weighted by Crippen LogP contribution is -2.47.